The lowest BCUT2D eigenvalue weighted by Crippen LogP contribution is -2.44. The van der Waals surface area contributed by atoms with E-state index in [0.29, 0.717) is 18.8 Å². The maximum atomic E-state index is 12.6. The van der Waals surface area contributed by atoms with Gasteiger partial charge in [0.25, 0.3) is 5.91 Å². The summed E-state index contributed by atoms with van der Waals surface area (Å²) >= 11 is 0. The minimum Gasteiger partial charge on any atom is -0.467 e. The summed E-state index contributed by atoms with van der Waals surface area (Å²) in [6.07, 6.45) is 3.60. The zero-order chi connectivity index (χ0) is 16.5. The average molecular weight is 326 g/mol. The van der Waals surface area contributed by atoms with Crippen LogP contribution in [0.25, 0.3) is 10.9 Å². The van der Waals surface area contributed by atoms with Crippen LogP contribution in [0.1, 0.15) is 19.3 Å². The number of fused-ring (bicyclic) bond motifs is 3. The third-order valence-electron chi connectivity index (χ3n) is 4.70. The number of ether oxygens (including phenoxy) is 1. The second-order valence-corrected chi connectivity index (χ2v) is 6.18. The number of carbonyl (C=O) groups is 2. The van der Waals surface area contributed by atoms with Crippen LogP contribution in [0.3, 0.4) is 0 Å². The van der Waals surface area contributed by atoms with Gasteiger partial charge in [0.2, 0.25) is 11.8 Å². The number of hydrogen-bond donors (Lipinski definition) is 1. The minimum absolute atomic E-state index is 0.0164. The van der Waals surface area contributed by atoms with E-state index in [1.807, 2.05) is 29.2 Å². The Kier molecular flexibility index (Phi) is 3.76. The number of nitrogens with one attached hydrogen (secondary N) is 1. The second-order valence-electron chi connectivity index (χ2n) is 6.18. The third-order valence-corrected chi connectivity index (χ3v) is 4.70. The van der Waals surface area contributed by atoms with Gasteiger partial charge in [-0.05, 0) is 25.0 Å². The molecular formula is C17H18N4O3. The van der Waals surface area contributed by atoms with Crippen molar-refractivity contribution < 1.29 is 14.3 Å². The first kappa shape index (κ1) is 14.9. The summed E-state index contributed by atoms with van der Waals surface area (Å²) in [7, 11) is 0. The van der Waals surface area contributed by atoms with Crippen molar-refractivity contribution in [1.82, 2.24) is 20.2 Å². The Balaban J connectivity index is 1.49. The summed E-state index contributed by atoms with van der Waals surface area (Å²) in [6, 6.07) is 7.57. The molecule has 2 saturated heterocycles. The normalized spacial score (nSPS) is 23.0. The molecular weight excluding hydrogens is 308 g/mol. The predicted octanol–water partition coefficient (Wildman–Crippen LogP) is 0.888. The molecule has 3 heterocycles. The van der Waals surface area contributed by atoms with Crippen LogP contribution in [0.5, 0.6) is 5.88 Å². The monoisotopic (exact) mass is 326 g/mol. The van der Waals surface area contributed by atoms with E-state index in [2.05, 4.69) is 15.3 Å². The number of nitrogens with zero attached hydrogens (tertiary/aromatic N) is 3. The maximum absolute atomic E-state index is 12.6. The number of hydrogen-bond acceptors (Lipinski definition) is 5. The quantitative estimate of drug-likeness (QED) is 0.905. The molecule has 2 fully saturated rings. The molecule has 1 N–H and O–H groups in total. The van der Waals surface area contributed by atoms with Crippen molar-refractivity contribution >= 4 is 22.7 Å². The summed E-state index contributed by atoms with van der Waals surface area (Å²) in [5.74, 6) is 0.328. The van der Waals surface area contributed by atoms with Crippen molar-refractivity contribution in [3.8, 4) is 5.88 Å². The van der Waals surface area contributed by atoms with E-state index in [-0.39, 0.29) is 30.5 Å². The first-order chi connectivity index (χ1) is 11.7. The molecule has 0 aliphatic carbocycles. The van der Waals surface area contributed by atoms with Gasteiger partial charge in [0.05, 0.1) is 10.9 Å². The van der Waals surface area contributed by atoms with Crippen LogP contribution < -0.4 is 10.1 Å². The van der Waals surface area contributed by atoms with Crippen LogP contribution in [0, 0.1) is 0 Å². The molecule has 0 radical (unpaired) electrons. The molecule has 1 aromatic carbocycles. The fourth-order valence-corrected chi connectivity index (χ4v) is 3.59. The van der Waals surface area contributed by atoms with Crippen LogP contribution in [0.4, 0.5) is 0 Å². The highest BCUT2D eigenvalue weighted by Gasteiger charge is 2.40. The number of benzene rings is 1. The lowest BCUT2D eigenvalue weighted by atomic mass is 10.1. The molecule has 2 aromatic rings. The van der Waals surface area contributed by atoms with Crippen molar-refractivity contribution in [3.05, 3.63) is 30.6 Å². The summed E-state index contributed by atoms with van der Waals surface area (Å²) in [4.78, 5) is 34.5. The van der Waals surface area contributed by atoms with Crippen molar-refractivity contribution in [3.63, 3.8) is 0 Å². The van der Waals surface area contributed by atoms with Crippen molar-refractivity contribution in [2.24, 2.45) is 0 Å². The standard InChI is InChI=1S/C17H18N4O3/c22-15-7-11-5-6-12(8-18-15)21(11)16(23)9-24-17-13-3-1-2-4-14(13)19-10-20-17/h1-4,10-12H,5-9H2,(H,18,22)/t11-,12+/m1/s1. The van der Waals surface area contributed by atoms with E-state index < -0.39 is 0 Å². The molecule has 24 heavy (non-hydrogen) atoms. The van der Waals surface area contributed by atoms with E-state index in [1.54, 1.807) is 0 Å². The number of amides is 2. The highest BCUT2D eigenvalue weighted by Crippen LogP contribution is 2.28. The van der Waals surface area contributed by atoms with Gasteiger partial charge in [-0.2, -0.15) is 0 Å². The predicted molar refractivity (Wildman–Crippen MR) is 86.3 cm³/mol. The molecule has 7 heteroatoms. The molecule has 4 rings (SSSR count). The third kappa shape index (κ3) is 2.66. The van der Waals surface area contributed by atoms with Crippen LogP contribution >= 0.6 is 0 Å². The molecule has 2 amide bonds. The van der Waals surface area contributed by atoms with E-state index in [9.17, 15) is 9.59 Å². The molecule has 7 nitrogen and oxygen atoms in total. The van der Waals surface area contributed by atoms with E-state index in [4.69, 9.17) is 4.74 Å². The van der Waals surface area contributed by atoms with Gasteiger partial charge in [0.1, 0.15) is 6.33 Å². The van der Waals surface area contributed by atoms with Crippen LogP contribution in [0.2, 0.25) is 0 Å². The summed E-state index contributed by atoms with van der Waals surface area (Å²) in [5, 5.41) is 3.65. The number of para-hydroxylation sites is 1. The van der Waals surface area contributed by atoms with E-state index >= 15 is 0 Å². The van der Waals surface area contributed by atoms with Gasteiger partial charge in [-0.15, -0.1) is 0 Å². The molecule has 0 saturated carbocycles. The van der Waals surface area contributed by atoms with Crippen LogP contribution in [-0.2, 0) is 9.59 Å². The molecule has 1 aromatic heterocycles. The number of carbonyl (C=O) groups excluding carboxylic acids is 2. The van der Waals surface area contributed by atoms with Crippen molar-refractivity contribution in [2.75, 3.05) is 13.2 Å². The van der Waals surface area contributed by atoms with E-state index in [1.165, 1.54) is 6.33 Å². The largest absolute Gasteiger partial charge is 0.467 e. The van der Waals surface area contributed by atoms with Gasteiger partial charge in [-0.3, -0.25) is 9.59 Å². The summed E-state index contributed by atoms with van der Waals surface area (Å²) in [6.45, 7) is 0.444. The second kappa shape index (κ2) is 6.07. The van der Waals surface area contributed by atoms with Gasteiger partial charge in [0.15, 0.2) is 6.61 Å². The van der Waals surface area contributed by atoms with Crippen molar-refractivity contribution in [1.29, 1.82) is 0 Å². The van der Waals surface area contributed by atoms with Gasteiger partial charge in [0, 0.05) is 25.0 Å². The lowest BCUT2D eigenvalue weighted by molar-refractivity contribution is -0.136. The number of aromatic nitrogens is 2. The lowest BCUT2D eigenvalue weighted by Gasteiger charge is -2.27. The highest BCUT2D eigenvalue weighted by atomic mass is 16.5. The maximum Gasteiger partial charge on any atom is 0.261 e. The zero-order valence-corrected chi connectivity index (χ0v) is 13.1. The molecule has 0 unspecified atom stereocenters. The van der Waals surface area contributed by atoms with Crippen LogP contribution in [0.15, 0.2) is 30.6 Å². The fourth-order valence-electron chi connectivity index (χ4n) is 3.59. The minimum atomic E-state index is -0.0957. The summed E-state index contributed by atoms with van der Waals surface area (Å²) in [5.41, 5.74) is 0.777. The SMILES string of the molecule is O=C1C[C@H]2CC[C@@H](CN1)N2C(=O)COc1ncnc2ccccc12. The topological polar surface area (TPSA) is 84.4 Å². The Morgan fingerprint density at radius 3 is 3.00 bits per heavy atom. The Morgan fingerprint density at radius 2 is 2.08 bits per heavy atom. The Hall–Kier alpha value is -2.70. The molecule has 0 spiro atoms. The Morgan fingerprint density at radius 1 is 1.25 bits per heavy atom. The Bertz CT molecular complexity index is 789. The molecule has 2 aliphatic rings. The average Bonchev–Trinajstić information content (AvgIpc) is 2.91. The van der Waals surface area contributed by atoms with Crippen LogP contribution in [-0.4, -0.2) is 51.9 Å². The van der Waals surface area contributed by atoms with Gasteiger partial charge in [-0.1, -0.05) is 12.1 Å². The molecule has 2 bridgehead atoms. The smallest absolute Gasteiger partial charge is 0.261 e. The van der Waals surface area contributed by atoms with Gasteiger partial charge in [-0.25, -0.2) is 9.97 Å². The molecule has 2 atom stereocenters. The first-order valence-electron chi connectivity index (χ1n) is 8.13. The fraction of sp³-hybridized carbons (Fsp3) is 0.412. The Labute approximate surface area is 139 Å². The zero-order valence-electron chi connectivity index (χ0n) is 13.1. The first-order valence-corrected chi connectivity index (χ1v) is 8.13. The van der Waals surface area contributed by atoms with Gasteiger partial charge < -0.3 is 15.0 Å². The molecule has 2 aliphatic heterocycles. The highest BCUT2D eigenvalue weighted by molar-refractivity contribution is 5.85. The number of rotatable bonds is 3. The van der Waals surface area contributed by atoms with Gasteiger partial charge >= 0.3 is 0 Å². The summed E-state index contributed by atoms with van der Waals surface area (Å²) < 4.78 is 5.68. The van der Waals surface area contributed by atoms with Crippen molar-refractivity contribution in [2.45, 2.75) is 31.3 Å². The van der Waals surface area contributed by atoms with E-state index in [0.717, 1.165) is 23.7 Å². The molecule has 124 valence electrons.